The van der Waals surface area contributed by atoms with Crippen molar-refractivity contribution in [1.82, 2.24) is 24.8 Å². The molecule has 0 saturated carbocycles. The van der Waals surface area contributed by atoms with E-state index in [-0.39, 0.29) is 0 Å². The van der Waals surface area contributed by atoms with Gasteiger partial charge in [-0.05, 0) is 51.1 Å². The lowest BCUT2D eigenvalue weighted by molar-refractivity contribution is 0.286. The zero-order valence-electron chi connectivity index (χ0n) is 15.3. The van der Waals surface area contributed by atoms with Gasteiger partial charge < -0.3 is 14.8 Å². The van der Waals surface area contributed by atoms with Gasteiger partial charge in [0, 0.05) is 6.54 Å². The fourth-order valence-electron chi connectivity index (χ4n) is 3.33. The second-order valence-corrected chi connectivity index (χ2v) is 6.67. The van der Waals surface area contributed by atoms with Gasteiger partial charge >= 0.3 is 6.01 Å². The highest BCUT2D eigenvalue weighted by Gasteiger charge is 2.16. The fraction of sp³-hybridized carbons (Fsp3) is 0.722. The van der Waals surface area contributed by atoms with Crippen LogP contribution in [0, 0.1) is 5.92 Å². The van der Waals surface area contributed by atoms with Gasteiger partial charge in [0.25, 0.3) is 6.01 Å². The first kappa shape index (κ1) is 17.9. The molecule has 0 bridgehead atoms. The molecule has 1 atom stereocenters. The molecule has 1 N–H and O–H groups in total. The van der Waals surface area contributed by atoms with Gasteiger partial charge in [-0.2, -0.15) is 9.97 Å². The molecule has 1 aliphatic rings. The van der Waals surface area contributed by atoms with E-state index in [4.69, 9.17) is 9.47 Å². The molecule has 1 aliphatic heterocycles. The molecule has 1 unspecified atom stereocenters. The number of methoxy groups -OCH3 is 1. The van der Waals surface area contributed by atoms with E-state index in [1.165, 1.54) is 19.3 Å². The van der Waals surface area contributed by atoms with Crippen LogP contribution in [0.5, 0.6) is 12.0 Å². The predicted molar refractivity (Wildman–Crippen MR) is 97.1 cm³/mol. The average Bonchev–Trinajstić information content (AvgIpc) is 3.00. The van der Waals surface area contributed by atoms with Crippen molar-refractivity contribution in [3.8, 4) is 12.0 Å². The number of unbranched alkanes of at least 4 members (excludes halogenated alkanes) is 1. The number of piperidine rings is 1. The Kier molecular flexibility index (Phi) is 6.44. The summed E-state index contributed by atoms with van der Waals surface area (Å²) in [6, 6.07) is 1.01. The topological polar surface area (TPSA) is 74.1 Å². The van der Waals surface area contributed by atoms with Crippen molar-refractivity contribution >= 4 is 11.2 Å². The Morgan fingerprint density at radius 1 is 1.32 bits per heavy atom. The molecular weight excluding hydrogens is 318 g/mol. The van der Waals surface area contributed by atoms with Gasteiger partial charge in [-0.15, -0.1) is 0 Å². The van der Waals surface area contributed by atoms with Gasteiger partial charge in [0.2, 0.25) is 0 Å². The third-order valence-corrected chi connectivity index (χ3v) is 4.74. The molecule has 2 aromatic heterocycles. The summed E-state index contributed by atoms with van der Waals surface area (Å²) in [5.74, 6) is 0.775. The van der Waals surface area contributed by atoms with Crippen molar-refractivity contribution < 1.29 is 9.47 Å². The van der Waals surface area contributed by atoms with Crippen molar-refractivity contribution in [2.24, 2.45) is 5.92 Å². The number of imidazole rings is 1. The second-order valence-electron chi connectivity index (χ2n) is 6.67. The van der Waals surface area contributed by atoms with Crippen LogP contribution in [0.3, 0.4) is 0 Å². The monoisotopic (exact) mass is 347 g/mol. The largest absolute Gasteiger partial charge is 0.468 e. The van der Waals surface area contributed by atoms with Crippen LogP contribution in [0.4, 0.5) is 0 Å². The molecule has 0 aromatic carbocycles. The van der Waals surface area contributed by atoms with E-state index in [1.54, 1.807) is 13.3 Å². The number of aryl methyl sites for hydroxylation is 1. The number of hydrogen-bond acceptors (Lipinski definition) is 6. The Morgan fingerprint density at radius 2 is 2.24 bits per heavy atom. The van der Waals surface area contributed by atoms with Crippen LogP contribution in [0.15, 0.2) is 6.20 Å². The normalized spacial score (nSPS) is 17.8. The molecule has 25 heavy (non-hydrogen) atoms. The number of hydrogen-bond donors (Lipinski definition) is 1. The molecule has 0 spiro atoms. The fourth-order valence-corrected chi connectivity index (χ4v) is 3.33. The Balaban J connectivity index is 1.68. The first-order chi connectivity index (χ1) is 12.3. The minimum absolute atomic E-state index is 0.418. The Labute approximate surface area is 149 Å². The maximum absolute atomic E-state index is 5.64. The maximum atomic E-state index is 5.64. The molecule has 0 amide bonds. The van der Waals surface area contributed by atoms with Crippen LogP contribution in [0.1, 0.15) is 45.4 Å². The summed E-state index contributed by atoms with van der Waals surface area (Å²) >= 11 is 0. The van der Waals surface area contributed by atoms with E-state index in [0.717, 1.165) is 56.0 Å². The Hall–Kier alpha value is -1.89. The minimum atomic E-state index is 0.418. The smallest absolute Gasteiger partial charge is 0.318 e. The zero-order chi connectivity index (χ0) is 17.5. The number of nitrogens with one attached hydrogen (secondary N) is 1. The average molecular weight is 347 g/mol. The lowest BCUT2D eigenvalue weighted by Gasteiger charge is -2.22. The number of ether oxygens (including phenoxy) is 2. The number of aromatic nitrogens is 4. The van der Waals surface area contributed by atoms with Crippen LogP contribution in [0.25, 0.3) is 11.2 Å². The van der Waals surface area contributed by atoms with Crippen molar-refractivity contribution in [2.75, 3.05) is 26.8 Å². The highest BCUT2D eigenvalue weighted by Crippen LogP contribution is 2.23. The third-order valence-electron chi connectivity index (χ3n) is 4.74. The molecule has 3 heterocycles. The van der Waals surface area contributed by atoms with Crippen molar-refractivity contribution in [1.29, 1.82) is 0 Å². The van der Waals surface area contributed by atoms with E-state index in [2.05, 4.69) is 27.2 Å². The molecule has 7 nitrogen and oxygen atoms in total. The van der Waals surface area contributed by atoms with Crippen LogP contribution in [-0.4, -0.2) is 46.3 Å². The summed E-state index contributed by atoms with van der Waals surface area (Å²) in [5.41, 5.74) is 1.54. The quantitative estimate of drug-likeness (QED) is 0.703. The number of fused-ring (bicyclic) bond motifs is 1. The summed E-state index contributed by atoms with van der Waals surface area (Å²) in [4.78, 5) is 13.3. The molecule has 138 valence electrons. The molecule has 7 heteroatoms. The first-order valence-corrected chi connectivity index (χ1v) is 9.42. The van der Waals surface area contributed by atoms with Crippen LogP contribution in [0.2, 0.25) is 0 Å². The van der Waals surface area contributed by atoms with Crippen LogP contribution in [-0.2, 0) is 6.54 Å². The Morgan fingerprint density at radius 3 is 3.00 bits per heavy atom. The highest BCUT2D eigenvalue weighted by atomic mass is 16.5. The summed E-state index contributed by atoms with van der Waals surface area (Å²) in [5, 5.41) is 3.48. The summed E-state index contributed by atoms with van der Waals surface area (Å²) in [6.45, 7) is 5.92. The third kappa shape index (κ3) is 4.60. The van der Waals surface area contributed by atoms with Crippen molar-refractivity contribution in [2.45, 2.75) is 52.0 Å². The van der Waals surface area contributed by atoms with Crippen molar-refractivity contribution in [3.63, 3.8) is 0 Å². The van der Waals surface area contributed by atoms with Crippen LogP contribution >= 0.6 is 0 Å². The molecule has 3 rings (SSSR count). The number of nitrogens with zero attached hydrogens (tertiary/aromatic N) is 4. The maximum Gasteiger partial charge on any atom is 0.318 e. The van der Waals surface area contributed by atoms with E-state index in [9.17, 15) is 0 Å². The molecule has 1 saturated heterocycles. The molecular formula is C18H29N5O2. The summed E-state index contributed by atoms with van der Waals surface area (Å²) in [6.07, 6.45) is 8.71. The van der Waals surface area contributed by atoms with E-state index < -0.39 is 0 Å². The lowest BCUT2D eigenvalue weighted by Crippen LogP contribution is -2.29. The predicted octanol–water partition coefficient (Wildman–Crippen LogP) is 2.79. The van der Waals surface area contributed by atoms with Gasteiger partial charge in [-0.3, -0.25) is 4.57 Å². The van der Waals surface area contributed by atoms with Crippen molar-refractivity contribution in [3.05, 3.63) is 6.20 Å². The molecule has 0 radical (unpaired) electrons. The van der Waals surface area contributed by atoms with Gasteiger partial charge in [0.15, 0.2) is 5.65 Å². The van der Waals surface area contributed by atoms with E-state index >= 15 is 0 Å². The Bertz CT molecular complexity index is 667. The zero-order valence-corrected chi connectivity index (χ0v) is 15.3. The van der Waals surface area contributed by atoms with Gasteiger partial charge in [-0.1, -0.05) is 13.3 Å². The minimum Gasteiger partial charge on any atom is -0.468 e. The SMILES string of the molecule is CCCCOc1ncc2nc(OC)n(CCCC3CCCNC3)c2n1. The summed E-state index contributed by atoms with van der Waals surface area (Å²) < 4.78 is 13.1. The molecule has 1 fully saturated rings. The van der Waals surface area contributed by atoms with Gasteiger partial charge in [0.05, 0.1) is 19.9 Å². The molecule has 2 aromatic rings. The number of rotatable bonds is 9. The van der Waals surface area contributed by atoms with Gasteiger partial charge in [0.1, 0.15) is 5.52 Å². The lowest BCUT2D eigenvalue weighted by atomic mass is 9.95. The standard InChI is InChI=1S/C18H29N5O2/c1-3-4-11-25-17-20-13-15-16(22-17)23(18(21-15)24-2)10-6-8-14-7-5-9-19-12-14/h13-14,19H,3-12H2,1-2H3. The van der Waals surface area contributed by atoms with E-state index in [0.29, 0.717) is 18.6 Å². The van der Waals surface area contributed by atoms with Gasteiger partial charge in [-0.25, -0.2) is 4.98 Å². The van der Waals surface area contributed by atoms with Crippen LogP contribution < -0.4 is 14.8 Å². The summed E-state index contributed by atoms with van der Waals surface area (Å²) in [7, 11) is 1.65. The molecule has 0 aliphatic carbocycles. The second kappa shape index (κ2) is 8.99. The first-order valence-electron chi connectivity index (χ1n) is 9.42. The van der Waals surface area contributed by atoms with E-state index in [1.807, 2.05) is 4.57 Å². The highest BCUT2D eigenvalue weighted by molar-refractivity contribution is 5.71.